The summed E-state index contributed by atoms with van der Waals surface area (Å²) >= 11 is 0. The standard InChI is InChI=1S/C18H21N6OP/c1-12-9-18(22-13(2)21-12)24-17-10-16(19-11-20-17)23-14-7-5-6-8-15(14)26(3,4)25/h5-11H,1-4H3,(H2,19,20,21,22,23,24). The van der Waals surface area contributed by atoms with Crippen LogP contribution in [0.2, 0.25) is 0 Å². The highest BCUT2D eigenvalue weighted by molar-refractivity contribution is 7.70. The van der Waals surface area contributed by atoms with Gasteiger partial charge in [0.1, 0.15) is 36.7 Å². The Labute approximate surface area is 152 Å². The Morgan fingerprint density at radius 2 is 1.58 bits per heavy atom. The number of aromatic nitrogens is 4. The molecule has 8 heteroatoms. The van der Waals surface area contributed by atoms with Crippen LogP contribution in [0.15, 0.2) is 42.7 Å². The Bertz CT molecular complexity index is 965. The summed E-state index contributed by atoms with van der Waals surface area (Å²) in [5, 5.41) is 7.18. The van der Waals surface area contributed by atoms with Crippen LogP contribution in [-0.4, -0.2) is 33.3 Å². The van der Waals surface area contributed by atoms with Gasteiger partial charge < -0.3 is 15.2 Å². The summed E-state index contributed by atoms with van der Waals surface area (Å²) in [5.41, 5.74) is 1.65. The molecule has 0 atom stereocenters. The quantitative estimate of drug-likeness (QED) is 0.665. The summed E-state index contributed by atoms with van der Waals surface area (Å²) in [4.78, 5) is 17.1. The SMILES string of the molecule is Cc1cc(Nc2cc(Nc3ccccc3P(C)(C)=O)ncn2)nc(C)n1. The van der Waals surface area contributed by atoms with Gasteiger partial charge >= 0.3 is 0 Å². The number of benzene rings is 1. The van der Waals surface area contributed by atoms with Crippen molar-refractivity contribution in [2.75, 3.05) is 24.0 Å². The van der Waals surface area contributed by atoms with Gasteiger partial charge in [0, 0.05) is 23.1 Å². The molecule has 0 saturated carbocycles. The van der Waals surface area contributed by atoms with Crippen molar-refractivity contribution in [1.29, 1.82) is 0 Å². The molecule has 0 aliphatic heterocycles. The lowest BCUT2D eigenvalue weighted by Crippen LogP contribution is -2.10. The van der Waals surface area contributed by atoms with Gasteiger partial charge in [-0.15, -0.1) is 0 Å². The molecular weight excluding hydrogens is 347 g/mol. The Morgan fingerprint density at radius 1 is 0.885 bits per heavy atom. The van der Waals surface area contributed by atoms with E-state index in [1.54, 1.807) is 19.4 Å². The topological polar surface area (TPSA) is 92.7 Å². The van der Waals surface area contributed by atoms with E-state index < -0.39 is 7.14 Å². The third-order valence-electron chi connectivity index (χ3n) is 3.64. The number of anilines is 4. The van der Waals surface area contributed by atoms with Gasteiger partial charge in [0.05, 0.1) is 5.69 Å². The van der Waals surface area contributed by atoms with Gasteiger partial charge in [0.2, 0.25) is 0 Å². The number of hydrogen-bond acceptors (Lipinski definition) is 7. The third-order valence-corrected chi connectivity index (χ3v) is 5.19. The highest BCUT2D eigenvalue weighted by Crippen LogP contribution is 2.38. The molecule has 0 aliphatic rings. The Kier molecular flexibility index (Phi) is 5.00. The highest BCUT2D eigenvalue weighted by atomic mass is 31.2. The third kappa shape index (κ3) is 4.43. The maximum Gasteiger partial charge on any atom is 0.137 e. The second-order valence-electron chi connectivity index (χ2n) is 6.35. The molecule has 26 heavy (non-hydrogen) atoms. The average Bonchev–Trinajstić information content (AvgIpc) is 2.53. The predicted octanol–water partition coefficient (Wildman–Crippen LogP) is 3.62. The van der Waals surface area contributed by atoms with Crippen molar-refractivity contribution in [3.8, 4) is 0 Å². The van der Waals surface area contributed by atoms with Gasteiger partial charge in [0.15, 0.2) is 0 Å². The maximum atomic E-state index is 12.5. The summed E-state index contributed by atoms with van der Waals surface area (Å²) in [7, 11) is -2.41. The summed E-state index contributed by atoms with van der Waals surface area (Å²) in [6.45, 7) is 7.26. The largest absolute Gasteiger partial charge is 0.339 e. The van der Waals surface area contributed by atoms with E-state index in [1.807, 2.05) is 44.2 Å². The zero-order chi connectivity index (χ0) is 18.7. The second-order valence-corrected chi connectivity index (χ2v) is 9.53. The predicted molar refractivity (Wildman–Crippen MR) is 106 cm³/mol. The van der Waals surface area contributed by atoms with Crippen LogP contribution < -0.4 is 15.9 Å². The minimum atomic E-state index is -2.41. The van der Waals surface area contributed by atoms with Crippen LogP contribution in [0.25, 0.3) is 0 Å². The summed E-state index contributed by atoms with van der Waals surface area (Å²) in [6.07, 6.45) is 1.46. The Hall–Kier alpha value is -2.79. The molecule has 2 N–H and O–H groups in total. The molecule has 0 fully saturated rings. The average molecular weight is 368 g/mol. The van der Waals surface area contributed by atoms with Crippen LogP contribution in [0.5, 0.6) is 0 Å². The van der Waals surface area contributed by atoms with Crippen molar-refractivity contribution in [3.63, 3.8) is 0 Å². The first-order chi connectivity index (χ1) is 12.3. The number of rotatable bonds is 5. The first kappa shape index (κ1) is 18.0. The molecule has 2 aromatic heterocycles. The van der Waals surface area contributed by atoms with Gasteiger partial charge in [-0.05, 0) is 39.3 Å². The smallest absolute Gasteiger partial charge is 0.137 e. The molecule has 0 amide bonds. The normalized spacial score (nSPS) is 11.2. The van der Waals surface area contributed by atoms with Crippen LogP contribution in [-0.2, 0) is 4.57 Å². The van der Waals surface area contributed by atoms with Gasteiger partial charge in [0.25, 0.3) is 0 Å². The van der Waals surface area contributed by atoms with Crippen molar-refractivity contribution in [2.24, 2.45) is 0 Å². The van der Waals surface area contributed by atoms with Crippen molar-refractivity contribution in [3.05, 3.63) is 54.2 Å². The fourth-order valence-corrected chi connectivity index (χ4v) is 3.75. The van der Waals surface area contributed by atoms with E-state index in [4.69, 9.17) is 0 Å². The van der Waals surface area contributed by atoms with E-state index in [-0.39, 0.29) is 0 Å². The number of nitrogens with zero attached hydrogens (tertiary/aromatic N) is 4. The molecule has 0 unspecified atom stereocenters. The molecule has 0 saturated heterocycles. The van der Waals surface area contributed by atoms with Crippen molar-refractivity contribution in [2.45, 2.75) is 13.8 Å². The molecule has 1 aromatic carbocycles. The first-order valence-corrected chi connectivity index (χ1v) is 10.7. The van der Waals surface area contributed by atoms with Crippen molar-refractivity contribution < 1.29 is 4.57 Å². The second kappa shape index (κ2) is 7.22. The van der Waals surface area contributed by atoms with Crippen LogP contribution in [0, 0.1) is 13.8 Å². The number of aryl methyl sites for hydroxylation is 2. The first-order valence-electron chi connectivity index (χ1n) is 8.14. The highest BCUT2D eigenvalue weighted by Gasteiger charge is 2.16. The monoisotopic (exact) mass is 368 g/mol. The van der Waals surface area contributed by atoms with E-state index in [0.717, 1.165) is 16.7 Å². The fourth-order valence-electron chi connectivity index (χ4n) is 2.59. The summed E-state index contributed by atoms with van der Waals surface area (Å²) in [5.74, 6) is 2.57. The van der Waals surface area contributed by atoms with E-state index in [2.05, 4.69) is 30.6 Å². The van der Waals surface area contributed by atoms with Gasteiger partial charge in [-0.1, -0.05) is 12.1 Å². The lowest BCUT2D eigenvalue weighted by atomic mass is 10.3. The molecule has 2 heterocycles. The minimum absolute atomic E-state index is 0.603. The molecular formula is C18H21N6OP. The van der Waals surface area contributed by atoms with E-state index >= 15 is 0 Å². The summed E-state index contributed by atoms with van der Waals surface area (Å²) in [6, 6.07) is 11.2. The molecule has 3 rings (SSSR count). The van der Waals surface area contributed by atoms with Gasteiger partial charge in [-0.3, -0.25) is 0 Å². The van der Waals surface area contributed by atoms with E-state index in [1.165, 1.54) is 6.33 Å². The lowest BCUT2D eigenvalue weighted by Gasteiger charge is -2.15. The molecule has 0 bridgehead atoms. The number of nitrogens with one attached hydrogen (secondary N) is 2. The summed E-state index contributed by atoms with van der Waals surface area (Å²) < 4.78 is 12.5. The Morgan fingerprint density at radius 3 is 2.27 bits per heavy atom. The van der Waals surface area contributed by atoms with Gasteiger partial charge in [-0.25, -0.2) is 19.9 Å². The van der Waals surface area contributed by atoms with Crippen LogP contribution >= 0.6 is 7.14 Å². The molecule has 134 valence electrons. The van der Waals surface area contributed by atoms with Crippen LogP contribution in [0.3, 0.4) is 0 Å². The van der Waals surface area contributed by atoms with Crippen LogP contribution in [0.1, 0.15) is 11.5 Å². The number of para-hydroxylation sites is 1. The van der Waals surface area contributed by atoms with E-state index in [0.29, 0.717) is 23.3 Å². The van der Waals surface area contributed by atoms with Gasteiger partial charge in [-0.2, -0.15) is 0 Å². The molecule has 7 nitrogen and oxygen atoms in total. The molecule has 0 spiro atoms. The molecule has 0 radical (unpaired) electrons. The van der Waals surface area contributed by atoms with E-state index in [9.17, 15) is 4.57 Å². The maximum absolute atomic E-state index is 12.5. The number of hydrogen-bond donors (Lipinski definition) is 2. The minimum Gasteiger partial charge on any atom is -0.339 e. The lowest BCUT2D eigenvalue weighted by molar-refractivity contribution is 0.588. The zero-order valence-electron chi connectivity index (χ0n) is 15.2. The van der Waals surface area contributed by atoms with Crippen molar-refractivity contribution >= 4 is 35.6 Å². The van der Waals surface area contributed by atoms with Crippen LogP contribution in [0.4, 0.5) is 23.1 Å². The molecule has 3 aromatic rings. The Balaban J connectivity index is 1.86. The fraction of sp³-hybridized carbons (Fsp3) is 0.222. The zero-order valence-corrected chi connectivity index (χ0v) is 16.1. The van der Waals surface area contributed by atoms with Crippen molar-refractivity contribution in [1.82, 2.24) is 19.9 Å². The molecule has 0 aliphatic carbocycles.